The maximum atomic E-state index is 11.0. The predicted octanol–water partition coefficient (Wildman–Crippen LogP) is 3.83. The van der Waals surface area contributed by atoms with Crippen LogP contribution in [0.3, 0.4) is 0 Å². The Bertz CT molecular complexity index is 793. The van der Waals surface area contributed by atoms with Gasteiger partial charge in [0.05, 0.1) is 11.5 Å². The number of aliphatic carboxylic acids is 2. The fourth-order valence-corrected chi connectivity index (χ4v) is 4.33. The van der Waals surface area contributed by atoms with Crippen LogP contribution in [0.1, 0.15) is 51.5 Å². The van der Waals surface area contributed by atoms with Crippen molar-refractivity contribution in [2.24, 2.45) is 11.7 Å². The fourth-order valence-electron chi connectivity index (χ4n) is 4.33. The number of carboxylic acids is 2. The highest BCUT2D eigenvalue weighted by Crippen LogP contribution is 2.31. The molecule has 1 saturated carbocycles. The van der Waals surface area contributed by atoms with Gasteiger partial charge in [0.15, 0.2) is 0 Å². The molecular weight excluding hydrogens is 380 g/mol. The van der Waals surface area contributed by atoms with Crippen molar-refractivity contribution in [3.05, 3.63) is 59.2 Å². The van der Waals surface area contributed by atoms with Crippen molar-refractivity contribution in [1.82, 2.24) is 4.90 Å². The van der Waals surface area contributed by atoms with Gasteiger partial charge in [0.25, 0.3) is 0 Å². The van der Waals surface area contributed by atoms with Crippen LogP contribution in [-0.2, 0) is 16.1 Å². The molecule has 2 atom stereocenters. The van der Waals surface area contributed by atoms with Crippen LogP contribution in [0.5, 0.6) is 0 Å². The van der Waals surface area contributed by atoms with Crippen molar-refractivity contribution in [3.63, 3.8) is 0 Å². The molecule has 2 aliphatic carbocycles. The molecule has 0 saturated heterocycles. The summed E-state index contributed by atoms with van der Waals surface area (Å²) in [5, 5.41) is 17.8. The molecule has 2 aliphatic rings. The summed E-state index contributed by atoms with van der Waals surface area (Å²) >= 11 is 0. The summed E-state index contributed by atoms with van der Waals surface area (Å²) in [6.45, 7) is 4.15. The van der Waals surface area contributed by atoms with Crippen molar-refractivity contribution in [2.45, 2.75) is 64.1 Å². The van der Waals surface area contributed by atoms with E-state index in [1.54, 1.807) is 6.92 Å². The van der Waals surface area contributed by atoms with E-state index in [4.69, 9.17) is 15.9 Å². The van der Waals surface area contributed by atoms with Gasteiger partial charge in [-0.3, -0.25) is 9.69 Å². The Balaban J connectivity index is 0.000000214. The standard InChI is InChI=1S/C14H21N.C10H13NO4/c1-15(14-10-6-3-7-11-14)12-13-8-4-2-5-9-13;1-5-6(8(12)13)3-4-10(2,11)7(5)9(14)15/h2,4-5,8-9,14H,3,6-7,10-12H2,1H3;3-4,7H,11H2,1-2H3,(H,12,13)(H,14,15). The van der Waals surface area contributed by atoms with Crippen molar-refractivity contribution < 1.29 is 19.8 Å². The fraction of sp³-hybridized carbons (Fsp3) is 0.500. The molecule has 3 rings (SSSR count). The maximum Gasteiger partial charge on any atom is 0.335 e. The lowest BCUT2D eigenvalue weighted by Crippen LogP contribution is -2.48. The molecule has 0 spiro atoms. The minimum Gasteiger partial charge on any atom is -0.481 e. The van der Waals surface area contributed by atoms with Gasteiger partial charge < -0.3 is 15.9 Å². The SMILES string of the molecule is CC1=C(C(=O)O)C=CC(C)(N)C1C(=O)O.CN(Cc1ccccc1)C1CCCCC1. The third-order valence-electron chi connectivity index (χ3n) is 6.04. The highest BCUT2D eigenvalue weighted by Gasteiger charge is 2.39. The van der Waals surface area contributed by atoms with Crippen molar-refractivity contribution in [1.29, 1.82) is 0 Å². The topological polar surface area (TPSA) is 104 Å². The van der Waals surface area contributed by atoms with Crippen LogP contribution < -0.4 is 5.73 Å². The Kier molecular flexibility index (Phi) is 8.38. The van der Waals surface area contributed by atoms with Crippen LogP contribution in [0, 0.1) is 5.92 Å². The molecule has 1 aromatic carbocycles. The van der Waals surface area contributed by atoms with Crippen molar-refractivity contribution in [3.8, 4) is 0 Å². The second-order valence-corrected chi connectivity index (χ2v) is 8.56. The second kappa shape index (κ2) is 10.5. The molecule has 0 amide bonds. The Morgan fingerprint density at radius 3 is 2.27 bits per heavy atom. The first-order valence-electron chi connectivity index (χ1n) is 10.5. The Hall–Kier alpha value is -2.44. The van der Waals surface area contributed by atoms with E-state index >= 15 is 0 Å². The first-order chi connectivity index (χ1) is 14.1. The van der Waals surface area contributed by atoms with Crippen LogP contribution in [0.4, 0.5) is 0 Å². The van der Waals surface area contributed by atoms with E-state index in [1.165, 1.54) is 56.7 Å². The lowest BCUT2D eigenvalue weighted by Gasteiger charge is -2.32. The smallest absolute Gasteiger partial charge is 0.335 e. The normalized spacial score (nSPS) is 24.4. The van der Waals surface area contributed by atoms with Crippen LogP contribution in [0.25, 0.3) is 0 Å². The summed E-state index contributed by atoms with van der Waals surface area (Å²) in [6, 6.07) is 11.6. The number of carboxylic acid groups (broad SMARTS) is 2. The van der Waals surface area contributed by atoms with Gasteiger partial charge in [0.1, 0.15) is 0 Å². The zero-order chi connectivity index (χ0) is 22.3. The first kappa shape index (κ1) is 23.8. The molecular formula is C24H34N2O4. The summed E-state index contributed by atoms with van der Waals surface area (Å²) < 4.78 is 0. The summed E-state index contributed by atoms with van der Waals surface area (Å²) in [5.41, 5.74) is 6.45. The number of nitrogens with zero attached hydrogens (tertiary/aromatic N) is 1. The first-order valence-corrected chi connectivity index (χ1v) is 10.5. The monoisotopic (exact) mass is 414 g/mol. The summed E-state index contributed by atoms with van der Waals surface area (Å²) in [6.07, 6.45) is 9.84. The van der Waals surface area contributed by atoms with Crippen LogP contribution in [-0.4, -0.2) is 45.7 Å². The van der Waals surface area contributed by atoms with Gasteiger partial charge in [-0.25, -0.2) is 4.79 Å². The molecule has 0 heterocycles. The number of carbonyl (C=O) groups is 2. The van der Waals surface area contributed by atoms with Gasteiger partial charge in [-0.2, -0.15) is 0 Å². The van der Waals surface area contributed by atoms with E-state index in [2.05, 4.69) is 42.3 Å². The van der Waals surface area contributed by atoms with Gasteiger partial charge in [-0.1, -0.05) is 55.7 Å². The third kappa shape index (κ3) is 6.28. The second-order valence-electron chi connectivity index (χ2n) is 8.56. The van der Waals surface area contributed by atoms with Gasteiger partial charge in [-0.15, -0.1) is 0 Å². The minimum atomic E-state index is -1.13. The summed E-state index contributed by atoms with van der Waals surface area (Å²) in [5.74, 6) is -3.24. The molecule has 1 fully saturated rings. The largest absolute Gasteiger partial charge is 0.481 e. The molecule has 0 aromatic heterocycles. The highest BCUT2D eigenvalue weighted by atomic mass is 16.4. The Labute approximate surface area is 179 Å². The van der Waals surface area contributed by atoms with Gasteiger partial charge >= 0.3 is 11.9 Å². The van der Waals surface area contributed by atoms with E-state index in [9.17, 15) is 9.59 Å². The summed E-state index contributed by atoms with van der Waals surface area (Å²) in [4.78, 5) is 24.3. The zero-order valence-electron chi connectivity index (χ0n) is 18.2. The molecule has 164 valence electrons. The molecule has 6 heteroatoms. The maximum absolute atomic E-state index is 11.0. The van der Waals surface area contributed by atoms with Gasteiger partial charge in [0, 0.05) is 18.1 Å². The number of hydrogen-bond donors (Lipinski definition) is 3. The molecule has 1 aromatic rings. The number of hydrogen-bond acceptors (Lipinski definition) is 4. The molecule has 0 bridgehead atoms. The van der Waals surface area contributed by atoms with Crippen LogP contribution >= 0.6 is 0 Å². The van der Waals surface area contributed by atoms with E-state index in [-0.39, 0.29) is 11.1 Å². The Morgan fingerprint density at radius 1 is 1.13 bits per heavy atom. The molecule has 0 radical (unpaired) electrons. The number of benzene rings is 1. The molecule has 6 nitrogen and oxygen atoms in total. The van der Waals surface area contributed by atoms with Crippen molar-refractivity contribution in [2.75, 3.05) is 7.05 Å². The number of nitrogens with two attached hydrogens (primary N) is 1. The third-order valence-corrected chi connectivity index (χ3v) is 6.04. The predicted molar refractivity (Wildman–Crippen MR) is 118 cm³/mol. The quantitative estimate of drug-likeness (QED) is 0.677. The van der Waals surface area contributed by atoms with E-state index in [0.29, 0.717) is 0 Å². The molecule has 2 unspecified atom stereocenters. The average Bonchev–Trinajstić information content (AvgIpc) is 2.68. The van der Waals surface area contributed by atoms with Gasteiger partial charge in [0.2, 0.25) is 0 Å². The zero-order valence-corrected chi connectivity index (χ0v) is 18.2. The van der Waals surface area contributed by atoms with Crippen LogP contribution in [0.15, 0.2) is 53.6 Å². The van der Waals surface area contributed by atoms with E-state index in [0.717, 1.165) is 12.6 Å². The lowest BCUT2D eigenvalue weighted by molar-refractivity contribution is -0.141. The van der Waals surface area contributed by atoms with E-state index in [1.807, 2.05) is 0 Å². The Morgan fingerprint density at radius 2 is 1.73 bits per heavy atom. The van der Waals surface area contributed by atoms with Gasteiger partial charge in [-0.05, 0) is 50.9 Å². The van der Waals surface area contributed by atoms with Crippen molar-refractivity contribution >= 4 is 11.9 Å². The minimum absolute atomic E-state index is 0.00493. The molecule has 4 N–H and O–H groups in total. The average molecular weight is 415 g/mol. The highest BCUT2D eigenvalue weighted by molar-refractivity contribution is 5.93. The molecule has 30 heavy (non-hydrogen) atoms. The summed E-state index contributed by atoms with van der Waals surface area (Å²) in [7, 11) is 2.27. The molecule has 0 aliphatic heterocycles. The van der Waals surface area contributed by atoms with E-state index < -0.39 is 23.4 Å². The lowest BCUT2D eigenvalue weighted by atomic mass is 9.76. The number of rotatable bonds is 5. The van der Waals surface area contributed by atoms with Crippen LogP contribution in [0.2, 0.25) is 0 Å².